The first kappa shape index (κ1) is 12.9. The molecule has 0 fully saturated rings. The Hall–Kier alpha value is -1.19. The zero-order chi connectivity index (χ0) is 12.5. The lowest BCUT2D eigenvalue weighted by Gasteiger charge is -2.12. The number of alkyl halides is 3. The smallest absolute Gasteiger partial charge is 0.478 e. The van der Waals surface area contributed by atoms with Crippen LogP contribution in [0.25, 0.3) is 0 Å². The van der Waals surface area contributed by atoms with Gasteiger partial charge in [-0.15, -0.1) is 13.2 Å². The van der Waals surface area contributed by atoms with Crippen LogP contribution in [0.1, 0.15) is 10.4 Å². The Morgan fingerprint density at radius 1 is 1.44 bits per heavy atom. The maximum atomic E-state index is 11.9. The summed E-state index contributed by atoms with van der Waals surface area (Å²) in [5, 5.41) is 8.67. The van der Waals surface area contributed by atoms with Gasteiger partial charge in [0.15, 0.2) is 0 Å². The van der Waals surface area contributed by atoms with Gasteiger partial charge in [0.25, 0.3) is 0 Å². The molecule has 0 atom stereocenters. The minimum atomic E-state index is -4.84. The van der Waals surface area contributed by atoms with E-state index in [1.165, 1.54) is 22.6 Å². The van der Waals surface area contributed by atoms with E-state index < -0.39 is 18.1 Å². The van der Waals surface area contributed by atoms with E-state index in [1.807, 2.05) is 0 Å². The lowest BCUT2D eigenvalue weighted by molar-refractivity contribution is -0.274. The third-order valence-electron chi connectivity index (χ3n) is 1.56. The number of ether oxygens (including phenoxy) is 1. The standard InChI is InChI=1S/C8H5F3INO3/c9-8(10,11)16-6-2-5(13)3(7(14)15)1-4(6)12/h1-2H,13H2,(H,14,15). The average Bonchev–Trinajstić information content (AvgIpc) is 2.07. The van der Waals surface area contributed by atoms with E-state index in [1.54, 1.807) is 0 Å². The number of carboxylic acids is 1. The molecule has 0 unspecified atom stereocenters. The Kier molecular flexibility index (Phi) is 3.51. The minimum absolute atomic E-state index is 0.0153. The second-order valence-corrected chi connectivity index (χ2v) is 3.89. The van der Waals surface area contributed by atoms with Crippen molar-refractivity contribution >= 4 is 34.2 Å². The molecular weight excluding hydrogens is 342 g/mol. The van der Waals surface area contributed by atoms with Gasteiger partial charge in [0, 0.05) is 11.8 Å². The Bertz CT molecular complexity index is 433. The number of carbonyl (C=O) groups is 1. The second kappa shape index (κ2) is 4.36. The van der Waals surface area contributed by atoms with Crippen molar-refractivity contribution in [3.05, 3.63) is 21.3 Å². The van der Waals surface area contributed by atoms with Crippen molar-refractivity contribution in [2.75, 3.05) is 5.73 Å². The molecule has 0 bridgehead atoms. The van der Waals surface area contributed by atoms with Gasteiger partial charge in [-0.1, -0.05) is 0 Å². The third-order valence-corrected chi connectivity index (χ3v) is 2.40. The van der Waals surface area contributed by atoms with Crippen LogP contribution in [0.4, 0.5) is 18.9 Å². The Labute approximate surface area is 101 Å². The van der Waals surface area contributed by atoms with E-state index in [0.717, 1.165) is 12.1 Å². The number of anilines is 1. The molecule has 0 amide bonds. The topological polar surface area (TPSA) is 72.5 Å². The molecule has 0 saturated carbocycles. The molecule has 1 aromatic carbocycles. The molecule has 0 heterocycles. The van der Waals surface area contributed by atoms with E-state index in [-0.39, 0.29) is 14.8 Å². The highest BCUT2D eigenvalue weighted by Crippen LogP contribution is 2.31. The normalized spacial score (nSPS) is 11.2. The number of aromatic carboxylic acids is 1. The number of hydrogen-bond acceptors (Lipinski definition) is 3. The second-order valence-electron chi connectivity index (χ2n) is 2.72. The quantitative estimate of drug-likeness (QED) is 0.637. The fourth-order valence-corrected chi connectivity index (χ4v) is 1.53. The van der Waals surface area contributed by atoms with Crippen LogP contribution in [-0.2, 0) is 0 Å². The maximum absolute atomic E-state index is 11.9. The van der Waals surface area contributed by atoms with Gasteiger partial charge in [-0.3, -0.25) is 0 Å². The molecule has 0 aliphatic rings. The molecule has 4 nitrogen and oxygen atoms in total. The van der Waals surface area contributed by atoms with Gasteiger partial charge >= 0.3 is 12.3 Å². The van der Waals surface area contributed by atoms with E-state index >= 15 is 0 Å². The molecule has 0 saturated heterocycles. The summed E-state index contributed by atoms with van der Waals surface area (Å²) in [6, 6.07) is 1.85. The molecule has 88 valence electrons. The lowest BCUT2D eigenvalue weighted by atomic mass is 10.2. The molecule has 16 heavy (non-hydrogen) atoms. The highest BCUT2D eigenvalue weighted by molar-refractivity contribution is 14.1. The van der Waals surface area contributed by atoms with Crippen molar-refractivity contribution in [1.29, 1.82) is 0 Å². The number of nitrogens with two attached hydrogens (primary N) is 1. The maximum Gasteiger partial charge on any atom is 0.573 e. The minimum Gasteiger partial charge on any atom is -0.478 e. The van der Waals surface area contributed by atoms with E-state index in [0.29, 0.717) is 0 Å². The summed E-state index contributed by atoms with van der Waals surface area (Å²) >= 11 is 1.53. The van der Waals surface area contributed by atoms with Crippen molar-refractivity contribution in [3.63, 3.8) is 0 Å². The summed E-state index contributed by atoms with van der Waals surface area (Å²) < 4.78 is 39.5. The van der Waals surface area contributed by atoms with Crippen molar-refractivity contribution in [1.82, 2.24) is 0 Å². The first-order chi connectivity index (χ1) is 7.20. The van der Waals surface area contributed by atoms with Crippen LogP contribution in [-0.4, -0.2) is 17.4 Å². The summed E-state index contributed by atoms with van der Waals surface area (Å²) in [4.78, 5) is 10.6. The van der Waals surface area contributed by atoms with Crippen LogP contribution in [0.5, 0.6) is 5.75 Å². The van der Waals surface area contributed by atoms with Gasteiger partial charge in [0.1, 0.15) is 5.75 Å². The Balaban J connectivity index is 3.16. The number of hydrogen-bond donors (Lipinski definition) is 2. The highest BCUT2D eigenvalue weighted by Gasteiger charge is 2.32. The van der Waals surface area contributed by atoms with Crippen LogP contribution in [0.15, 0.2) is 12.1 Å². The third kappa shape index (κ3) is 3.15. The van der Waals surface area contributed by atoms with E-state index in [2.05, 4.69) is 4.74 Å². The van der Waals surface area contributed by atoms with Gasteiger partial charge in [0.05, 0.1) is 9.13 Å². The fourth-order valence-electron chi connectivity index (χ4n) is 0.957. The first-order valence-electron chi connectivity index (χ1n) is 3.79. The summed E-state index contributed by atoms with van der Waals surface area (Å²) in [6.07, 6.45) is -4.84. The number of rotatable bonds is 2. The molecule has 0 radical (unpaired) electrons. The van der Waals surface area contributed by atoms with Gasteiger partial charge in [-0.05, 0) is 28.7 Å². The van der Waals surface area contributed by atoms with Gasteiger partial charge in [-0.25, -0.2) is 4.79 Å². The molecule has 0 aliphatic heterocycles. The lowest BCUT2D eigenvalue weighted by Crippen LogP contribution is -2.18. The van der Waals surface area contributed by atoms with Gasteiger partial charge in [0.2, 0.25) is 0 Å². The highest BCUT2D eigenvalue weighted by atomic mass is 127. The predicted octanol–water partition coefficient (Wildman–Crippen LogP) is 2.47. The molecule has 8 heteroatoms. The zero-order valence-corrected chi connectivity index (χ0v) is 9.67. The Morgan fingerprint density at radius 2 is 2.00 bits per heavy atom. The van der Waals surface area contributed by atoms with Crippen LogP contribution in [0.2, 0.25) is 0 Å². The molecule has 0 spiro atoms. The summed E-state index contributed by atoms with van der Waals surface area (Å²) in [5.41, 5.74) is 4.73. The first-order valence-corrected chi connectivity index (χ1v) is 4.86. The molecule has 1 aromatic rings. The number of nitrogen functional groups attached to an aromatic ring is 1. The summed E-state index contributed by atoms with van der Waals surface area (Å²) in [5.74, 6) is -1.83. The van der Waals surface area contributed by atoms with Crippen molar-refractivity contribution in [2.45, 2.75) is 6.36 Å². The van der Waals surface area contributed by atoms with E-state index in [4.69, 9.17) is 10.8 Å². The Morgan fingerprint density at radius 3 is 2.44 bits per heavy atom. The molecule has 3 N–H and O–H groups in total. The predicted molar refractivity (Wildman–Crippen MR) is 57.2 cm³/mol. The molecular formula is C8H5F3INO3. The van der Waals surface area contributed by atoms with Gasteiger partial charge < -0.3 is 15.6 Å². The van der Waals surface area contributed by atoms with E-state index in [9.17, 15) is 18.0 Å². The molecule has 0 aliphatic carbocycles. The van der Waals surface area contributed by atoms with Crippen LogP contribution in [0, 0.1) is 3.57 Å². The number of benzene rings is 1. The van der Waals surface area contributed by atoms with Crippen molar-refractivity contribution < 1.29 is 27.8 Å². The van der Waals surface area contributed by atoms with Crippen molar-refractivity contribution in [2.24, 2.45) is 0 Å². The monoisotopic (exact) mass is 347 g/mol. The van der Waals surface area contributed by atoms with Crippen LogP contribution >= 0.6 is 22.6 Å². The largest absolute Gasteiger partial charge is 0.573 e. The fraction of sp³-hybridized carbons (Fsp3) is 0.125. The average molecular weight is 347 g/mol. The number of carboxylic acid groups (broad SMARTS) is 1. The summed E-state index contributed by atoms with van der Waals surface area (Å²) in [6.45, 7) is 0. The summed E-state index contributed by atoms with van der Waals surface area (Å²) in [7, 11) is 0. The van der Waals surface area contributed by atoms with Crippen LogP contribution in [0.3, 0.4) is 0 Å². The van der Waals surface area contributed by atoms with Gasteiger partial charge in [-0.2, -0.15) is 0 Å². The van der Waals surface area contributed by atoms with Crippen LogP contribution < -0.4 is 10.5 Å². The zero-order valence-electron chi connectivity index (χ0n) is 7.51. The molecule has 1 rings (SSSR count). The van der Waals surface area contributed by atoms with Crippen molar-refractivity contribution in [3.8, 4) is 5.75 Å². The SMILES string of the molecule is Nc1cc(OC(F)(F)F)c(I)cc1C(=O)O. The number of halogens is 4. The molecule has 0 aromatic heterocycles.